The van der Waals surface area contributed by atoms with Crippen LogP contribution in [0.1, 0.15) is 57.1 Å². The van der Waals surface area contributed by atoms with Gasteiger partial charge in [-0.05, 0) is 76.5 Å². The molecule has 1 saturated carbocycles. The maximum atomic E-state index is 13.5. The number of amides is 2. The van der Waals surface area contributed by atoms with E-state index >= 15 is 0 Å². The molecule has 37 heavy (non-hydrogen) atoms. The average molecular weight is 536 g/mol. The number of halogens is 3. The summed E-state index contributed by atoms with van der Waals surface area (Å²) in [5.74, 6) is 0.128. The molecule has 2 saturated heterocycles. The van der Waals surface area contributed by atoms with E-state index in [4.69, 9.17) is 17.5 Å². The summed E-state index contributed by atoms with van der Waals surface area (Å²) < 4.78 is 40.4. The number of hydrogen-bond donors (Lipinski definition) is 0. The quantitative estimate of drug-likeness (QED) is 0.388. The molecule has 0 unspecified atom stereocenters. The molecule has 2 aliphatic heterocycles. The second-order valence-electron chi connectivity index (χ2n) is 10.5. The van der Waals surface area contributed by atoms with E-state index in [-0.39, 0.29) is 16.7 Å². The van der Waals surface area contributed by atoms with Crippen molar-refractivity contribution in [2.24, 2.45) is 5.92 Å². The molecule has 1 aliphatic carbocycles. The minimum Gasteiger partial charge on any atom is -0.340 e. The summed E-state index contributed by atoms with van der Waals surface area (Å²) in [5, 5.41) is 9.23. The summed E-state index contributed by atoms with van der Waals surface area (Å²) >= 11 is 5.55. The maximum absolute atomic E-state index is 13.5. The highest BCUT2D eigenvalue weighted by atomic mass is 32.1. The van der Waals surface area contributed by atoms with Gasteiger partial charge in [-0.15, -0.1) is 0 Å². The van der Waals surface area contributed by atoms with E-state index in [9.17, 15) is 22.8 Å². The van der Waals surface area contributed by atoms with Crippen LogP contribution < -0.4 is 4.90 Å². The molecule has 0 bridgehead atoms. The summed E-state index contributed by atoms with van der Waals surface area (Å²) in [6.07, 6.45) is 0.0859. The fourth-order valence-electron chi connectivity index (χ4n) is 5.15. The topological polar surface area (TPSA) is 70.9 Å². The Morgan fingerprint density at radius 1 is 1.14 bits per heavy atom. The number of unbranched alkanes of at least 4 members (excludes halogenated alkanes) is 1. The van der Waals surface area contributed by atoms with Gasteiger partial charge in [0.25, 0.3) is 5.91 Å². The number of thiocarbonyl (C=S) groups is 1. The molecule has 11 heteroatoms. The summed E-state index contributed by atoms with van der Waals surface area (Å²) in [5.41, 5.74) is -2.59. The minimum absolute atomic E-state index is 0.00576. The predicted molar refractivity (Wildman–Crippen MR) is 137 cm³/mol. The zero-order valence-corrected chi connectivity index (χ0v) is 22.0. The van der Waals surface area contributed by atoms with E-state index in [0.29, 0.717) is 12.5 Å². The molecule has 200 valence electrons. The number of carbonyl (C=O) groups is 2. The van der Waals surface area contributed by atoms with Gasteiger partial charge in [-0.25, -0.2) is 0 Å². The Bertz CT molecular complexity index is 1100. The fourth-order valence-corrected chi connectivity index (χ4v) is 5.66. The standard InChI is InChI=1S/C26H32F3N5O2S/c1-25(2)23(36)34(20-9-8-19(17-30)21(16-20)26(27,28)29)24(37)33(25)11-4-3-10-31-12-14-32(15-13-31)22(35)18-6-5-7-18/h8-9,16,18H,3-7,10-15H2,1-2H3. The van der Waals surface area contributed by atoms with Crippen LogP contribution in [0.3, 0.4) is 0 Å². The Morgan fingerprint density at radius 2 is 1.78 bits per heavy atom. The highest BCUT2D eigenvalue weighted by Gasteiger charge is 2.49. The average Bonchev–Trinajstić information content (AvgIpc) is 2.98. The highest BCUT2D eigenvalue weighted by Crippen LogP contribution is 2.38. The van der Waals surface area contributed by atoms with E-state index in [0.717, 1.165) is 81.9 Å². The van der Waals surface area contributed by atoms with Gasteiger partial charge in [-0.1, -0.05) is 6.42 Å². The summed E-state index contributed by atoms with van der Waals surface area (Å²) in [6, 6.07) is 4.77. The van der Waals surface area contributed by atoms with Crippen molar-refractivity contribution in [3.63, 3.8) is 0 Å². The van der Waals surface area contributed by atoms with Crippen LogP contribution in [0.2, 0.25) is 0 Å². The Morgan fingerprint density at radius 3 is 2.35 bits per heavy atom. The third-order valence-corrected chi connectivity index (χ3v) is 8.16. The lowest BCUT2D eigenvalue weighted by Gasteiger charge is -2.38. The predicted octanol–water partition coefficient (Wildman–Crippen LogP) is 4.01. The first kappa shape index (κ1) is 27.3. The number of carbonyl (C=O) groups excluding carboxylic acids is 2. The van der Waals surface area contributed by atoms with Gasteiger partial charge in [-0.2, -0.15) is 18.4 Å². The van der Waals surface area contributed by atoms with Crippen molar-refractivity contribution in [3.8, 4) is 6.07 Å². The van der Waals surface area contributed by atoms with Crippen LogP contribution in [0.25, 0.3) is 0 Å². The maximum Gasteiger partial charge on any atom is 0.417 e. The molecule has 0 spiro atoms. The van der Waals surface area contributed by atoms with Crippen LogP contribution in [0, 0.1) is 17.2 Å². The SMILES string of the molecule is CC1(C)C(=O)N(c2ccc(C#N)c(C(F)(F)F)c2)C(=S)N1CCCCN1CCN(C(=O)C2CCC2)CC1. The van der Waals surface area contributed by atoms with E-state index in [2.05, 4.69) is 4.90 Å². The van der Waals surface area contributed by atoms with Crippen molar-refractivity contribution >= 4 is 34.8 Å². The molecule has 2 heterocycles. The molecule has 3 fully saturated rings. The van der Waals surface area contributed by atoms with Gasteiger partial charge >= 0.3 is 6.18 Å². The third kappa shape index (κ3) is 5.46. The van der Waals surface area contributed by atoms with Crippen molar-refractivity contribution in [2.45, 2.75) is 57.7 Å². The highest BCUT2D eigenvalue weighted by molar-refractivity contribution is 7.80. The molecule has 3 aliphatic rings. The smallest absolute Gasteiger partial charge is 0.340 e. The number of benzene rings is 1. The van der Waals surface area contributed by atoms with E-state index in [1.165, 1.54) is 6.07 Å². The van der Waals surface area contributed by atoms with Crippen molar-refractivity contribution in [2.75, 3.05) is 44.2 Å². The van der Waals surface area contributed by atoms with Crippen molar-refractivity contribution in [3.05, 3.63) is 29.3 Å². The molecule has 2 amide bonds. The molecule has 0 radical (unpaired) electrons. The molecule has 0 aromatic heterocycles. The molecule has 1 aromatic rings. The molecular weight excluding hydrogens is 503 g/mol. The molecule has 1 aromatic carbocycles. The van der Waals surface area contributed by atoms with Crippen LogP contribution in [0.4, 0.5) is 18.9 Å². The number of piperazine rings is 1. The number of nitrogens with zero attached hydrogens (tertiary/aromatic N) is 5. The molecular formula is C26H32F3N5O2S. The van der Waals surface area contributed by atoms with Crippen LogP contribution >= 0.6 is 12.2 Å². The molecule has 0 N–H and O–H groups in total. The largest absolute Gasteiger partial charge is 0.417 e. The van der Waals surface area contributed by atoms with Crippen molar-refractivity contribution < 1.29 is 22.8 Å². The first-order valence-corrected chi connectivity index (χ1v) is 13.1. The second-order valence-corrected chi connectivity index (χ2v) is 10.8. The van der Waals surface area contributed by atoms with Crippen LogP contribution in [0.15, 0.2) is 18.2 Å². The summed E-state index contributed by atoms with van der Waals surface area (Å²) in [4.78, 5) is 32.9. The number of rotatable bonds is 7. The number of alkyl halides is 3. The second kappa shape index (κ2) is 10.6. The van der Waals surface area contributed by atoms with Crippen LogP contribution in [0.5, 0.6) is 0 Å². The normalized spacial score (nSPS) is 20.8. The first-order chi connectivity index (χ1) is 17.4. The summed E-state index contributed by atoms with van der Waals surface area (Å²) in [7, 11) is 0. The van der Waals surface area contributed by atoms with Gasteiger partial charge in [-0.3, -0.25) is 19.4 Å². The van der Waals surface area contributed by atoms with Gasteiger partial charge in [0.1, 0.15) is 5.54 Å². The minimum atomic E-state index is -4.73. The van der Waals surface area contributed by atoms with Gasteiger partial charge in [0, 0.05) is 38.6 Å². The lowest BCUT2D eigenvalue weighted by atomic mass is 9.84. The zero-order chi connectivity index (χ0) is 27.0. The van der Waals surface area contributed by atoms with Gasteiger partial charge in [0.2, 0.25) is 5.91 Å². The van der Waals surface area contributed by atoms with Crippen molar-refractivity contribution in [1.82, 2.24) is 14.7 Å². The summed E-state index contributed by atoms with van der Waals surface area (Å²) in [6.45, 7) is 8.00. The van der Waals surface area contributed by atoms with Crippen molar-refractivity contribution in [1.29, 1.82) is 5.26 Å². The molecule has 7 nitrogen and oxygen atoms in total. The van der Waals surface area contributed by atoms with Crippen LogP contribution in [-0.2, 0) is 15.8 Å². The Balaban J connectivity index is 1.32. The van der Waals surface area contributed by atoms with E-state index in [1.54, 1.807) is 24.8 Å². The Hall–Kier alpha value is -2.71. The van der Waals surface area contributed by atoms with E-state index in [1.807, 2.05) is 4.90 Å². The number of hydrogen-bond acceptors (Lipinski definition) is 5. The molecule has 4 rings (SSSR count). The number of nitriles is 1. The Labute approximate surface area is 220 Å². The fraction of sp³-hybridized carbons (Fsp3) is 0.615. The monoisotopic (exact) mass is 535 g/mol. The van der Waals surface area contributed by atoms with Crippen LogP contribution in [-0.4, -0.2) is 76.4 Å². The Kier molecular flexibility index (Phi) is 7.81. The number of anilines is 1. The first-order valence-electron chi connectivity index (χ1n) is 12.7. The lowest BCUT2D eigenvalue weighted by Crippen LogP contribution is -2.51. The van der Waals surface area contributed by atoms with Gasteiger partial charge < -0.3 is 9.80 Å². The van der Waals surface area contributed by atoms with E-state index < -0.39 is 28.7 Å². The lowest BCUT2D eigenvalue weighted by molar-refractivity contribution is -0.140. The van der Waals surface area contributed by atoms with Gasteiger partial charge in [0.05, 0.1) is 22.9 Å². The molecule has 0 atom stereocenters. The third-order valence-electron chi connectivity index (χ3n) is 7.76. The van der Waals surface area contributed by atoms with Gasteiger partial charge in [0.15, 0.2) is 5.11 Å². The zero-order valence-electron chi connectivity index (χ0n) is 21.2.